The predicted molar refractivity (Wildman–Crippen MR) is 127 cm³/mol. The van der Waals surface area contributed by atoms with E-state index in [1.54, 1.807) is 31.4 Å². The van der Waals surface area contributed by atoms with Crippen LogP contribution in [0.2, 0.25) is 15.1 Å². The zero-order chi connectivity index (χ0) is 23.1. The zero-order valence-electron chi connectivity index (χ0n) is 17.2. The Hall–Kier alpha value is -2.51. The van der Waals surface area contributed by atoms with Crippen LogP contribution in [0.4, 0.5) is 5.69 Å². The van der Waals surface area contributed by atoms with E-state index in [0.29, 0.717) is 39.7 Å². The van der Waals surface area contributed by atoms with Gasteiger partial charge in [0.2, 0.25) is 0 Å². The van der Waals surface area contributed by atoms with Crippen LogP contribution in [0.25, 0.3) is 0 Å². The number of non-ortho nitro benzene ring substituents is 1. The van der Waals surface area contributed by atoms with Gasteiger partial charge in [0.1, 0.15) is 6.61 Å². The second-order valence-corrected chi connectivity index (χ2v) is 8.22. The van der Waals surface area contributed by atoms with Crippen molar-refractivity contribution in [3.8, 4) is 11.5 Å². The Labute approximate surface area is 201 Å². The van der Waals surface area contributed by atoms with Gasteiger partial charge in [-0.15, -0.1) is 0 Å². The summed E-state index contributed by atoms with van der Waals surface area (Å²) in [6.45, 7) is 1.48. The molecule has 0 aliphatic rings. The lowest BCUT2D eigenvalue weighted by Crippen LogP contribution is -2.17. The summed E-state index contributed by atoms with van der Waals surface area (Å²) in [6, 6.07) is 15.2. The van der Waals surface area contributed by atoms with Gasteiger partial charge in [-0.25, -0.2) is 0 Å². The van der Waals surface area contributed by atoms with Crippen molar-refractivity contribution in [1.29, 1.82) is 0 Å². The van der Waals surface area contributed by atoms with Gasteiger partial charge >= 0.3 is 0 Å². The zero-order valence-corrected chi connectivity index (χ0v) is 19.5. The second kappa shape index (κ2) is 11.4. The third kappa shape index (κ3) is 6.50. The highest BCUT2D eigenvalue weighted by molar-refractivity contribution is 6.35. The van der Waals surface area contributed by atoms with Crippen LogP contribution in [0.1, 0.15) is 16.7 Å². The van der Waals surface area contributed by atoms with Crippen molar-refractivity contribution >= 4 is 40.5 Å². The number of methoxy groups -OCH3 is 1. The lowest BCUT2D eigenvalue weighted by Gasteiger charge is -2.14. The van der Waals surface area contributed by atoms with Gasteiger partial charge in [-0.1, -0.05) is 40.9 Å². The quantitative estimate of drug-likeness (QED) is 0.198. The van der Waals surface area contributed by atoms with E-state index in [1.807, 2.05) is 18.2 Å². The van der Waals surface area contributed by atoms with Crippen LogP contribution in [-0.2, 0) is 19.6 Å². The Morgan fingerprint density at radius 3 is 2.31 bits per heavy atom. The lowest BCUT2D eigenvalue weighted by atomic mass is 10.1. The van der Waals surface area contributed by atoms with E-state index in [2.05, 4.69) is 5.32 Å². The number of nitrogens with zero attached hydrogens (tertiary/aromatic N) is 1. The van der Waals surface area contributed by atoms with Gasteiger partial charge in [-0.3, -0.25) is 10.1 Å². The van der Waals surface area contributed by atoms with Gasteiger partial charge in [-0.2, -0.15) is 0 Å². The third-order valence-electron chi connectivity index (χ3n) is 4.78. The number of halogens is 3. The number of nitrogens with one attached hydrogen (secondary N) is 1. The fraction of sp³-hybridized carbons (Fsp3) is 0.217. The third-order valence-corrected chi connectivity index (χ3v) is 5.71. The fourth-order valence-electron chi connectivity index (χ4n) is 3.03. The molecule has 0 radical (unpaired) electrons. The van der Waals surface area contributed by atoms with Crippen molar-refractivity contribution < 1.29 is 14.4 Å². The average Bonchev–Trinajstić information content (AvgIpc) is 2.77. The van der Waals surface area contributed by atoms with Crippen molar-refractivity contribution in [1.82, 2.24) is 5.32 Å². The molecule has 32 heavy (non-hydrogen) atoms. The maximum atomic E-state index is 10.8. The molecular weight excluding hydrogens is 475 g/mol. The highest BCUT2D eigenvalue weighted by Crippen LogP contribution is 2.34. The maximum Gasteiger partial charge on any atom is 0.269 e. The Morgan fingerprint density at radius 1 is 0.938 bits per heavy atom. The van der Waals surface area contributed by atoms with Crippen LogP contribution in [0.5, 0.6) is 11.5 Å². The number of ether oxygens (including phenoxy) is 2. The topological polar surface area (TPSA) is 73.6 Å². The minimum atomic E-state index is -0.440. The van der Waals surface area contributed by atoms with Crippen LogP contribution in [0.3, 0.4) is 0 Å². The van der Waals surface area contributed by atoms with Crippen LogP contribution in [-0.4, -0.2) is 18.6 Å². The van der Waals surface area contributed by atoms with E-state index >= 15 is 0 Å². The molecule has 0 bridgehead atoms. The van der Waals surface area contributed by atoms with E-state index in [9.17, 15) is 10.1 Å². The summed E-state index contributed by atoms with van der Waals surface area (Å²) in [5, 5.41) is 15.9. The molecule has 0 aliphatic carbocycles. The van der Waals surface area contributed by atoms with E-state index in [-0.39, 0.29) is 12.3 Å². The first-order valence-corrected chi connectivity index (χ1v) is 10.9. The number of hydrogen-bond acceptors (Lipinski definition) is 5. The molecule has 0 amide bonds. The molecule has 9 heteroatoms. The Balaban J connectivity index is 1.58. The predicted octanol–water partition coefficient (Wildman–Crippen LogP) is 6.47. The molecule has 3 aromatic rings. The molecule has 0 heterocycles. The molecule has 0 saturated carbocycles. The first-order valence-electron chi connectivity index (χ1n) is 9.74. The molecular formula is C23H21Cl3N2O4. The maximum absolute atomic E-state index is 10.8. The van der Waals surface area contributed by atoms with Gasteiger partial charge in [-0.05, 0) is 60.0 Å². The Kier molecular flexibility index (Phi) is 8.59. The summed E-state index contributed by atoms with van der Waals surface area (Å²) in [7, 11) is 1.56. The average molecular weight is 496 g/mol. The van der Waals surface area contributed by atoms with Crippen LogP contribution in [0.15, 0.2) is 54.6 Å². The van der Waals surface area contributed by atoms with Gasteiger partial charge in [0.05, 0.1) is 12.0 Å². The van der Waals surface area contributed by atoms with E-state index in [1.165, 1.54) is 12.1 Å². The molecule has 0 saturated heterocycles. The molecule has 0 spiro atoms. The summed E-state index contributed by atoms with van der Waals surface area (Å²) in [5.41, 5.74) is 2.71. The summed E-state index contributed by atoms with van der Waals surface area (Å²) in [6.07, 6.45) is 0.751. The highest BCUT2D eigenvalue weighted by atomic mass is 35.5. The normalized spacial score (nSPS) is 10.8. The van der Waals surface area contributed by atoms with Gasteiger partial charge in [0, 0.05) is 39.8 Å². The number of nitro groups is 1. The molecule has 3 aromatic carbocycles. The van der Waals surface area contributed by atoms with Crippen molar-refractivity contribution in [2.24, 2.45) is 0 Å². The standard InChI is InChI=1S/C23H21Cl3N2O4/c1-31-22-10-17(13-27-9-8-16-4-5-18(24)11-20(16)25)21(26)12-23(22)32-14-15-2-6-19(7-3-15)28(29)30/h2-7,10-12,27H,8-9,13-14H2,1H3. The van der Waals surface area contributed by atoms with Crippen LogP contribution in [0, 0.1) is 10.1 Å². The molecule has 0 fully saturated rings. The Morgan fingerprint density at radius 2 is 1.66 bits per heavy atom. The minimum absolute atomic E-state index is 0.0320. The first kappa shape index (κ1) is 24.1. The largest absolute Gasteiger partial charge is 0.493 e. The molecule has 6 nitrogen and oxygen atoms in total. The number of nitro benzene ring substituents is 1. The van der Waals surface area contributed by atoms with Crippen molar-refractivity contribution in [2.75, 3.05) is 13.7 Å². The lowest BCUT2D eigenvalue weighted by molar-refractivity contribution is -0.384. The Bertz CT molecular complexity index is 1090. The number of rotatable bonds is 10. The smallest absolute Gasteiger partial charge is 0.269 e. The molecule has 0 aliphatic heterocycles. The second-order valence-electron chi connectivity index (χ2n) is 6.97. The summed E-state index contributed by atoms with van der Waals surface area (Å²) in [5.74, 6) is 1.04. The van der Waals surface area contributed by atoms with Crippen molar-refractivity contribution in [3.05, 3.63) is 96.5 Å². The highest BCUT2D eigenvalue weighted by Gasteiger charge is 2.12. The molecule has 0 aromatic heterocycles. The van der Waals surface area contributed by atoms with Crippen LogP contribution < -0.4 is 14.8 Å². The van der Waals surface area contributed by atoms with E-state index in [4.69, 9.17) is 44.3 Å². The molecule has 3 rings (SSSR count). The van der Waals surface area contributed by atoms with Gasteiger partial charge in [0.15, 0.2) is 11.5 Å². The summed E-state index contributed by atoms with van der Waals surface area (Å²) < 4.78 is 11.3. The van der Waals surface area contributed by atoms with Gasteiger partial charge < -0.3 is 14.8 Å². The van der Waals surface area contributed by atoms with Gasteiger partial charge in [0.25, 0.3) is 5.69 Å². The molecule has 1 N–H and O–H groups in total. The first-order chi connectivity index (χ1) is 15.4. The van der Waals surface area contributed by atoms with E-state index in [0.717, 1.165) is 23.1 Å². The van der Waals surface area contributed by atoms with E-state index < -0.39 is 4.92 Å². The van der Waals surface area contributed by atoms with Crippen molar-refractivity contribution in [2.45, 2.75) is 19.6 Å². The molecule has 0 unspecified atom stereocenters. The fourth-order valence-corrected chi connectivity index (χ4v) is 3.75. The van der Waals surface area contributed by atoms with Crippen LogP contribution >= 0.6 is 34.8 Å². The number of hydrogen-bond donors (Lipinski definition) is 1. The molecule has 168 valence electrons. The molecule has 0 atom stereocenters. The number of benzene rings is 3. The summed E-state index contributed by atoms with van der Waals surface area (Å²) in [4.78, 5) is 10.3. The van der Waals surface area contributed by atoms with Crippen molar-refractivity contribution in [3.63, 3.8) is 0 Å². The monoisotopic (exact) mass is 494 g/mol. The SMILES string of the molecule is COc1cc(CNCCc2ccc(Cl)cc2Cl)c(Cl)cc1OCc1ccc([N+](=O)[O-])cc1. The summed E-state index contributed by atoms with van der Waals surface area (Å²) >= 11 is 18.6. The minimum Gasteiger partial charge on any atom is -0.493 e.